The molecular formula is C17H22F3N3O3. The van der Waals surface area contributed by atoms with E-state index in [0.717, 1.165) is 0 Å². The monoisotopic (exact) mass is 373 g/mol. The molecule has 0 saturated carbocycles. The van der Waals surface area contributed by atoms with E-state index < -0.39 is 29.5 Å². The summed E-state index contributed by atoms with van der Waals surface area (Å²) in [6.45, 7) is 4.66. The van der Waals surface area contributed by atoms with Gasteiger partial charge in [0.1, 0.15) is 18.0 Å². The van der Waals surface area contributed by atoms with Crippen molar-refractivity contribution in [2.75, 3.05) is 18.9 Å². The van der Waals surface area contributed by atoms with Gasteiger partial charge in [0.25, 0.3) is 6.43 Å². The Morgan fingerprint density at radius 3 is 2.73 bits per heavy atom. The van der Waals surface area contributed by atoms with Gasteiger partial charge < -0.3 is 15.2 Å². The van der Waals surface area contributed by atoms with Gasteiger partial charge in [0.2, 0.25) is 0 Å². The van der Waals surface area contributed by atoms with Crippen LogP contribution in [0.25, 0.3) is 0 Å². The lowest BCUT2D eigenvalue weighted by atomic mass is 9.87. The molecule has 0 bridgehead atoms. The van der Waals surface area contributed by atoms with Crippen molar-refractivity contribution in [2.45, 2.75) is 44.8 Å². The fourth-order valence-corrected chi connectivity index (χ4v) is 2.57. The number of nitrogen functional groups attached to an aromatic ring is 1. The van der Waals surface area contributed by atoms with Gasteiger partial charge in [-0.15, -0.1) is 0 Å². The maximum Gasteiger partial charge on any atom is 0.413 e. The second kappa shape index (κ2) is 7.53. The summed E-state index contributed by atoms with van der Waals surface area (Å²) in [6.07, 6.45) is -4.18. The minimum absolute atomic E-state index is 0.0957. The fraction of sp³-hybridized carbons (Fsp3) is 0.529. The number of hydrogen-bond donors (Lipinski definition) is 2. The molecule has 3 N–H and O–H groups in total. The second-order valence-corrected chi connectivity index (χ2v) is 6.92. The lowest BCUT2D eigenvalue weighted by molar-refractivity contribution is 0.0331. The molecule has 1 aliphatic rings. The number of halogens is 3. The van der Waals surface area contributed by atoms with Crippen molar-refractivity contribution in [3.8, 4) is 0 Å². The predicted molar refractivity (Wildman–Crippen MR) is 90.7 cm³/mol. The number of amides is 1. The smallest absolute Gasteiger partial charge is 0.413 e. The summed E-state index contributed by atoms with van der Waals surface area (Å²) in [5.74, 6) is -1.13. The molecule has 9 heteroatoms. The van der Waals surface area contributed by atoms with E-state index in [1.54, 1.807) is 20.8 Å². The number of aliphatic imine (C=N–C) groups is 1. The maximum absolute atomic E-state index is 14.5. The van der Waals surface area contributed by atoms with Crippen LogP contribution in [0.3, 0.4) is 0 Å². The summed E-state index contributed by atoms with van der Waals surface area (Å²) in [5, 5.41) is 2.31. The third-order valence-electron chi connectivity index (χ3n) is 3.70. The molecule has 1 unspecified atom stereocenters. The number of nitrogens with one attached hydrogen (secondary N) is 1. The van der Waals surface area contributed by atoms with Crippen molar-refractivity contribution in [3.63, 3.8) is 0 Å². The van der Waals surface area contributed by atoms with Crippen molar-refractivity contribution < 1.29 is 27.4 Å². The first-order valence-electron chi connectivity index (χ1n) is 8.04. The molecule has 0 aliphatic carbocycles. The standard InChI is InChI=1S/C17H22F3N3O3/c1-16(2,3)26-15(24)22-12-9-25-8-7-17(23-12,14(19)20)10-5-4-6-11(21)13(10)18/h4-6,14H,7-9,21H2,1-3H3,(H,22,23,24). The van der Waals surface area contributed by atoms with Gasteiger partial charge in [-0.1, -0.05) is 12.1 Å². The van der Waals surface area contributed by atoms with Crippen LogP contribution in [0, 0.1) is 5.82 Å². The van der Waals surface area contributed by atoms with Gasteiger partial charge in [0.05, 0.1) is 12.3 Å². The number of nitrogens with zero attached hydrogens (tertiary/aromatic N) is 1. The topological polar surface area (TPSA) is 85.9 Å². The summed E-state index contributed by atoms with van der Waals surface area (Å²) < 4.78 is 52.8. The Hall–Kier alpha value is -2.29. The number of nitrogens with two attached hydrogens (primary N) is 1. The van der Waals surface area contributed by atoms with Crippen LogP contribution in [0.4, 0.5) is 23.7 Å². The number of hydrogen-bond acceptors (Lipinski definition) is 5. The largest absolute Gasteiger partial charge is 0.444 e. The molecule has 0 fully saturated rings. The zero-order valence-corrected chi connectivity index (χ0v) is 14.8. The van der Waals surface area contributed by atoms with Crippen molar-refractivity contribution in [1.29, 1.82) is 0 Å². The molecule has 1 aromatic carbocycles. The number of carbonyl (C=O) groups excluding carboxylic acids is 1. The summed E-state index contributed by atoms with van der Waals surface area (Å²) in [4.78, 5) is 15.9. The van der Waals surface area contributed by atoms with Gasteiger partial charge in [-0.25, -0.2) is 18.0 Å². The van der Waals surface area contributed by atoms with Crippen molar-refractivity contribution in [3.05, 3.63) is 29.6 Å². The summed E-state index contributed by atoms with van der Waals surface area (Å²) in [6, 6.07) is 3.85. The Morgan fingerprint density at radius 2 is 2.12 bits per heavy atom. The number of benzene rings is 1. The molecule has 26 heavy (non-hydrogen) atoms. The number of ether oxygens (including phenoxy) is 2. The minimum atomic E-state index is -3.05. The van der Waals surface area contributed by atoms with Crippen LogP contribution in [0.5, 0.6) is 0 Å². The van der Waals surface area contributed by atoms with Crippen LogP contribution >= 0.6 is 0 Å². The van der Waals surface area contributed by atoms with Gasteiger partial charge >= 0.3 is 6.09 Å². The molecule has 6 nitrogen and oxygen atoms in total. The van der Waals surface area contributed by atoms with Gasteiger partial charge in [-0.05, 0) is 26.8 Å². The first kappa shape index (κ1) is 20.0. The third kappa shape index (κ3) is 4.46. The van der Waals surface area contributed by atoms with Crippen LogP contribution in [0.15, 0.2) is 23.2 Å². The lowest BCUT2D eigenvalue weighted by Gasteiger charge is -2.29. The Bertz CT molecular complexity index is 704. The van der Waals surface area contributed by atoms with Gasteiger partial charge in [0, 0.05) is 12.0 Å². The normalized spacial score (nSPS) is 21.1. The highest BCUT2D eigenvalue weighted by atomic mass is 19.3. The van der Waals surface area contributed by atoms with E-state index in [1.165, 1.54) is 18.2 Å². The average molecular weight is 373 g/mol. The highest BCUT2D eigenvalue weighted by molar-refractivity contribution is 5.96. The molecular weight excluding hydrogens is 351 g/mol. The number of rotatable bonds is 2. The quantitative estimate of drug-likeness (QED) is 0.780. The number of carbonyl (C=O) groups is 1. The van der Waals surface area contributed by atoms with Gasteiger partial charge in [-0.2, -0.15) is 0 Å². The van der Waals surface area contributed by atoms with Crippen LogP contribution < -0.4 is 11.1 Å². The Morgan fingerprint density at radius 1 is 1.42 bits per heavy atom. The predicted octanol–water partition coefficient (Wildman–Crippen LogP) is 3.21. The van der Waals surface area contributed by atoms with Gasteiger partial charge in [-0.3, -0.25) is 10.3 Å². The number of anilines is 1. The van der Waals surface area contributed by atoms with Crippen LogP contribution in [0.2, 0.25) is 0 Å². The third-order valence-corrected chi connectivity index (χ3v) is 3.70. The van der Waals surface area contributed by atoms with E-state index in [9.17, 15) is 18.0 Å². The van der Waals surface area contributed by atoms with Crippen LogP contribution in [-0.2, 0) is 15.0 Å². The first-order valence-corrected chi connectivity index (χ1v) is 8.04. The lowest BCUT2D eigenvalue weighted by Crippen LogP contribution is -2.41. The molecule has 0 radical (unpaired) electrons. The number of alkyl carbamates (subject to hydrolysis) is 1. The maximum atomic E-state index is 14.5. The van der Waals surface area contributed by atoms with Crippen LogP contribution in [0.1, 0.15) is 32.8 Å². The molecule has 1 aromatic rings. The zero-order valence-electron chi connectivity index (χ0n) is 14.8. The van der Waals surface area contributed by atoms with Gasteiger partial charge in [0.15, 0.2) is 11.4 Å². The van der Waals surface area contributed by atoms with E-state index in [0.29, 0.717) is 0 Å². The van der Waals surface area contributed by atoms with Crippen molar-refractivity contribution in [1.82, 2.24) is 5.32 Å². The van der Waals surface area contributed by atoms with E-state index in [1.807, 2.05) is 0 Å². The fourth-order valence-electron chi connectivity index (χ4n) is 2.57. The van der Waals surface area contributed by atoms with Crippen molar-refractivity contribution >= 4 is 17.6 Å². The van der Waals surface area contributed by atoms with E-state index in [4.69, 9.17) is 15.2 Å². The zero-order chi connectivity index (χ0) is 19.5. The molecule has 2 rings (SSSR count). The van der Waals surface area contributed by atoms with E-state index in [2.05, 4.69) is 10.3 Å². The number of amidine groups is 1. The minimum Gasteiger partial charge on any atom is -0.444 e. The van der Waals surface area contributed by atoms with E-state index >= 15 is 0 Å². The molecule has 0 aromatic heterocycles. The van der Waals surface area contributed by atoms with E-state index in [-0.39, 0.29) is 36.7 Å². The molecule has 1 amide bonds. The molecule has 0 saturated heterocycles. The second-order valence-electron chi connectivity index (χ2n) is 6.92. The highest BCUT2D eigenvalue weighted by Gasteiger charge is 2.45. The molecule has 1 atom stereocenters. The Labute approximate surface area is 149 Å². The Kier molecular flexibility index (Phi) is 5.80. The average Bonchev–Trinajstić information content (AvgIpc) is 2.71. The highest BCUT2D eigenvalue weighted by Crippen LogP contribution is 2.40. The molecule has 1 heterocycles. The SMILES string of the molecule is CC(C)(C)OC(=O)NC1=NC(c2cccc(N)c2F)(C(F)F)CCOC1. The van der Waals surface area contributed by atoms with Crippen molar-refractivity contribution in [2.24, 2.45) is 4.99 Å². The molecule has 144 valence electrons. The molecule has 1 aliphatic heterocycles. The molecule has 0 spiro atoms. The summed E-state index contributed by atoms with van der Waals surface area (Å²) in [5.41, 5.74) is 1.91. The first-order chi connectivity index (χ1) is 12.0. The number of alkyl halides is 2. The summed E-state index contributed by atoms with van der Waals surface area (Å²) in [7, 11) is 0. The Balaban J connectivity index is 2.44. The summed E-state index contributed by atoms with van der Waals surface area (Å²) >= 11 is 0. The van der Waals surface area contributed by atoms with Crippen LogP contribution in [-0.4, -0.2) is 37.2 Å².